The molecule has 0 atom stereocenters. The summed E-state index contributed by atoms with van der Waals surface area (Å²) >= 11 is 11.6. The van der Waals surface area contributed by atoms with Gasteiger partial charge in [0, 0.05) is 11.6 Å². The highest BCUT2D eigenvalue weighted by molar-refractivity contribution is 7.92. The van der Waals surface area contributed by atoms with Crippen LogP contribution in [-0.4, -0.2) is 27.4 Å². The fourth-order valence-electron chi connectivity index (χ4n) is 3.22. The van der Waals surface area contributed by atoms with Crippen LogP contribution in [-0.2, 0) is 27.4 Å². The number of anilines is 1. The Bertz CT molecular complexity index is 1300. The Labute approximate surface area is 211 Å². The van der Waals surface area contributed by atoms with Gasteiger partial charge in [0.15, 0.2) is 0 Å². The number of carbonyl (C=O) groups excluding carboxylic acids is 1. The van der Waals surface area contributed by atoms with Crippen molar-refractivity contribution < 1.29 is 26.4 Å². The van der Waals surface area contributed by atoms with E-state index in [1.807, 2.05) is 0 Å². The summed E-state index contributed by atoms with van der Waals surface area (Å²) in [4.78, 5) is 12.5. The number of hydrogen-bond donors (Lipinski definition) is 1. The Balaban J connectivity index is 1.89. The zero-order valence-corrected chi connectivity index (χ0v) is 20.8. The summed E-state index contributed by atoms with van der Waals surface area (Å²) in [7, 11) is -4.38. The molecule has 0 aromatic heterocycles. The third-order valence-electron chi connectivity index (χ3n) is 5.09. The molecule has 0 radical (unpaired) electrons. The summed E-state index contributed by atoms with van der Waals surface area (Å²) in [6, 6.07) is 15.5. The van der Waals surface area contributed by atoms with Gasteiger partial charge in [0.1, 0.15) is 6.54 Å². The van der Waals surface area contributed by atoms with Crippen LogP contribution < -0.4 is 9.62 Å². The van der Waals surface area contributed by atoms with Gasteiger partial charge >= 0.3 is 6.18 Å². The average Bonchev–Trinajstić information content (AvgIpc) is 2.79. The van der Waals surface area contributed by atoms with Gasteiger partial charge in [-0.1, -0.05) is 53.0 Å². The Morgan fingerprint density at radius 3 is 2.20 bits per heavy atom. The standard InChI is InChI=1S/C24H21Cl2F3N2O3S/c1-16-2-9-20(10-3-16)35(33,34)31(19-8-11-22(26)21(14-19)24(27,28)29)15-23(32)30-13-12-17-4-6-18(25)7-5-17/h2-11,14H,12-13,15H2,1H3,(H,30,32). The fraction of sp³-hybridized carbons (Fsp3) is 0.208. The molecule has 3 aromatic carbocycles. The van der Waals surface area contributed by atoms with Gasteiger partial charge in [0.05, 0.1) is 21.2 Å². The van der Waals surface area contributed by atoms with E-state index >= 15 is 0 Å². The van der Waals surface area contributed by atoms with Crippen molar-refractivity contribution in [3.63, 3.8) is 0 Å². The molecule has 0 fully saturated rings. The Morgan fingerprint density at radius 2 is 1.60 bits per heavy atom. The fourth-order valence-corrected chi connectivity index (χ4v) is 4.99. The first-order valence-corrected chi connectivity index (χ1v) is 12.5. The molecule has 186 valence electrons. The highest BCUT2D eigenvalue weighted by atomic mass is 35.5. The second kappa shape index (κ2) is 10.9. The zero-order valence-electron chi connectivity index (χ0n) is 18.4. The van der Waals surface area contributed by atoms with Crippen LogP contribution in [0.25, 0.3) is 0 Å². The van der Waals surface area contributed by atoms with Crippen LogP contribution in [0.15, 0.2) is 71.6 Å². The first-order valence-electron chi connectivity index (χ1n) is 10.4. The number of rotatable bonds is 8. The van der Waals surface area contributed by atoms with Gasteiger partial charge in [-0.3, -0.25) is 9.10 Å². The first-order chi connectivity index (χ1) is 16.4. The molecule has 0 aliphatic heterocycles. The average molecular weight is 545 g/mol. The molecule has 1 amide bonds. The lowest BCUT2D eigenvalue weighted by Crippen LogP contribution is -2.41. The van der Waals surface area contributed by atoms with E-state index in [4.69, 9.17) is 23.2 Å². The Morgan fingerprint density at radius 1 is 0.971 bits per heavy atom. The van der Waals surface area contributed by atoms with Crippen LogP contribution in [0.5, 0.6) is 0 Å². The molecule has 0 aliphatic rings. The minimum absolute atomic E-state index is 0.166. The molecule has 0 spiro atoms. The summed E-state index contributed by atoms with van der Waals surface area (Å²) in [5.74, 6) is -0.682. The summed E-state index contributed by atoms with van der Waals surface area (Å²) in [5, 5.41) is 2.59. The number of nitrogens with zero attached hydrogens (tertiary/aromatic N) is 1. The number of alkyl halides is 3. The molecule has 1 N–H and O–H groups in total. The lowest BCUT2D eigenvalue weighted by Gasteiger charge is -2.25. The van der Waals surface area contributed by atoms with Gasteiger partial charge in [-0.05, 0) is 61.4 Å². The van der Waals surface area contributed by atoms with Crippen LogP contribution >= 0.6 is 23.2 Å². The van der Waals surface area contributed by atoms with Crippen molar-refractivity contribution in [1.29, 1.82) is 0 Å². The third kappa shape index (κ3) is 6.90. The molecule has 11 heteroatoms. The summed E-state index contributed by atoms with van der Waals surface area (Å²) in [6.45, 7) is 1.22. The number of sulfonamides is 1. The predicted molar refractivity (Wildman–Crippen MR) is 130 cm³/mol. The first kappa shape index (κ1) is 26.8. The molecule has 5 nitrogen and oxygen atoms in total. The molecule has 0 bridgehead atoms. The third-order valence-corrected chi connectivity index (χ3v) is 7.46. The highest BCUT2D eigenvalue weighted by Crippen LogP contribution is 2.38. The molecular weight excluding hydrogens is 524 g/mol. The maximum absolute atomic E-state index is 13.4. The zero-order chi connectivity index (χ0) is 25.8. The van der Waals surface area contributed by atoms with Gasteiger partial charge in [-0.15, -0.1) is 0 Å². The van der Waals surface area contributed by atoms with Crippen molar-refractivity contribution in [2.24, 2.45) is 0 Å². The van der Waals surface area contributed by atoms with Crippen molar-refractivity contribution in [2.75, 3.05) is 17.4 Å². The van der Waals surface area contributed by atoms with E-state index in [-0.39, 0.29) is 17.1 Å². The van der Waals surface area contributed by atoms with Crippen LogP contribution in [0.3, 0.4) is 0 Å². The molecular formula is C24H21Cl2F3N2O3S. The smallest absolute Gasteiger partial charge is 0.354 e. The van der Waals surface area contributed by atoms with E-state index in [9.17, 15) is 26.4 Å². The second-order valence-electron chi connectivity index (χ2n) is 7.71. The Hall–Kier alpha value is -2.75. The van der Waals surface area contributed by atoms with Crippen LogP contribution in [0.4, 0.5) is 18.9 Å². The molecule has 0 saturated carbocycles. The molecule has 0 saturated heterocycles. The maximum Gasteiger partial charge on any atom is 0.417 e. The minimum Gasteiger partial charge on any atom is -0.354 e. The second-order valence-corrected chi connectivity index (χ2v) is 10.4. The molecule has 35 heavy (non-hydrogen) atoms. The van der Waals surface area contributed by atoms with E-state index in [1.165, 1.54) is 12.1 Å². The van der Waals surface area contributed by atoms with Crippen molar-refractivity contribution in [3.8, 4) is 0 Å². The molecule has 0 aliphatic carbocycles. The molecule has 0 heterocycles. The normalized spacial score (nSPS) is 11.8. The van der Waals surface area contributed by atoms with Gasteiger partial charge in [0.2, 0.25) is 5.91 Å². The number of hydrogen-bond acceptors (Lipinski definition) is 3. The molecule has 0 unspecified atom stereocenters. The predicted octanol–water partition coefficient (Wildman–Crippen LogP) is 5.87. The lowest BCUT2D eigenvalue weighted by atomic mass is 10.1. The van der Waals surface area contributed by atoms with E-state index in [1.54, 1.807) is 43.3 Å². The lowest BCUT2D eigenvalue weighted by molar-refractivity contribution is -0.137. The summed E-state index contributed by atoms with van der Waals surface area (Å²) in [5.41, 5.74) is 0.145. The van der Waals surface area contributed by atoms with E-state index in [0.717, 1.165) is 23.3 Å². The number of aryl methyl sites for hydroxylation is 1. The summed E-state index contributed by atoms with van der Waals surface area (Å²) in [6.07, 6.45) is -4.36. The largest absolute Gasteiger partial charge is 0.417 e. The van der Waals surface area contributed by atoms with Crippen LogP contribution in [0.2, 0.25) is 10.0 Å². The number of nitrogens with one attached hydrogen (secondary N) is 1. The topological polar surface area (TPSA) is 66.5 Å². The van der Waals surface area contributed by atoms with E-state index in [0.29, 0.717) is 21.8 Å². The quantitative estimate of drug-likeness (QED) is 0.385. The van der Waals surface area contributed by atoms with Crippen molar-refractivity contribution in [3.05, 3.63) is 93.5 Å². The van der Waals surface area contributed by atoms with E-state index in [2.05, 4.69) is 5.32 Å². The highest BCUT2D eigenvalue weighted by Gasteiger charge is 2.35. The number of halogens is 5. The van der Waals surface area contributed by atoms with Gasteiger partial charge in [-0.25, -0.2) is 8.42 Å². The van der Waals surface area contributed by atoms with Gasteiger partial charge < -0.3 is 5.32 Å². The van der Waals surface area contributed by atoms with Crippen molar-refractivity contribution >= 4 is 44.8 Å². The minimum atomic E-state index is -4.81. The van der Waals surface area contributed by atoms with Crippen LogP contribution in [0, 0.1) is 6.92 Å². The van der Waals surface area contributed by atoms with Crippen molar-refractivity contribution in [1.82, 2.24) is 5.32 Å². The molecule has 3 rings (SSSR count). The van der Waals surface area contributed by atoms with E-state index < -0.39 is 39.2 Å². The number of amides is 1. The Kier molecular flexibility index (Phi) is 8.35. The maximum atomic E-state index is 13.4. The molecule has 3 aromatic rings. The SMILES string of the molecule is Cc1ccc(S(=O)(=O)N(CC(=O)NCCc2ccc(Cl)cc2)c2ccc(Cl)c(C(F)(F)F)c2)cc1. The summed E-state index contributed by atoms with van der Waals surface area (Å²) < 4.78 is 67.7. The van der Waals surface area contributed by atoms with Gasteiger partial charge in [-0.2, -0.15) is 13.2 Å². The number of benzene rings is 3. The monoisotopic (exact) mass is 544 g/mol. The van der Waals surface area contributed by atoms with Crippen LogP contribution in [0.1, 0.15) is 16.7 Å². The van der Waals surface area contributed by atoms with Crippen molar-refractivity contribution in [2.45, 2.75) is 24.4 Å². The van der Waals surface area contributed by atoms with Gasteiger partial charge in [0.25, 0.3) is 10.0 Å². The number of carbonyl (C=O) groups is 1.